The van der Waals surface area contributed by atoms with E-state index in [1.165, 1.54) is 44.6 Å². The van der Waals surface area contributed by atoms with E-state index in [-0.39, 0.29) is 40.1 Å². The molecule has 0 saturated carbocycles. The summed E-state index contributed by atoms with van der Waals surface area (Å²) in [5, 5.41) is 10.1. The van der Waals surface area contributed by atoms with E-state index in [9.17, 15) is 23.1 Å². The minimum atomic E-state index is -4.94. The summed E-state index contributed by atoms with van der Waals surface area (Å²) in [6.07, 6.45) is -4.94. The molecule has 0 saturated heterocycles. The Bertz CT molecular complexity index is 1150. The van der Waals surface area contributed by atoms with Crippen molar-refractivity contribution in [2.75, 3.05) is 28.3 Å². The molecule has 9 heteroatoms. The van der Waals surface area contributed by atoms with E-state index in [4.69, 9.17) is 13.9 Å². The number of methoxy groups -OCH3 is 2. The van der Waals surface area contributed by atoms with Crippen LogP contribution in [0.15, 0.2) is 39.5 Å². The van der Waals surface area contributed by atoms with E-state index in [1.807, 2.05) is 0 Å². The second kappa shape index (κ2) is 7.91. The maximum Gasteiger partial charge on any atom is 0.450 e. The smallest absolute Gasteiger partial charge is 0.450 e. The molecule has 0 fully saturated rings. The van der Waals surface area contributed by atoms with Crippen molar-refractivity contribution in [3.05, 3.63) is 51.9 Å². The molecule has 160 valence electrons. The van der Waals surface area contributed by atoms with Crippen LogP contribution in [0.3, 0.4) is 0 Å². The lowest BCUT2D eigenvalue weighted by molar-refractivity contribution is -0.872. The number of benzene rings is 2. The highest BCUT2D eigenvalue weighted by atomic mass is 19.4. The zero-order valence-corrected chi connectivity index (χ0v) is 16.8. The van der Waals surface area contributed by atoms with E-state index in [0.717, 1.165) is 4.90 Å². The number of rotatable bonds is 5. The first-order chi connectivity index (χ1) is 14.1. The van der Waals surface area contributed by atoms with Gasteiger partial charge in [0.1, 0.15) is 12.3 Å². The number of aromatic hydroxyl groups is 1. The summed E-state index contributed by atoms with van der Waals surface area (Å²) in [7, 11) is 6.26. The van der Waals surface area contributed by atoms with E-state index >= 15 is 0 Å². The molecule has 0 aliphatic heterocycles. The van der Waals surface area contributed by atoms with Gasteiger partial charge < -0.3 is 23.9 Å². The van der Waals surface area contributed by atoms with Gasteiger partial charge in [0, 0.05) is 0 Å². The third-order valence-electron chi connectivity index (χ3n) is 4.60. The molecule has 1 aromatic heterocycles. The van der Waals surface area contributed by atoms with E-state index in [2.05, 4.69) is 0 Å². The van der Waals surface area contributed by atoms with Crippen LogP contribution in [0.5, 0.6) is 17.2 Å². The first-order valence-electron chi connectivity index (χ1n) is 8.98. The molecular formula is C21H21F3NO5+. The Morgan fingerprint density at radius 3 is 2.30 bits per heavy atom. The lowest BCUT2D eigenvalue weighted by Crippen LogP contribution is -3.04. The topological polar surface area (TPSA) is 73.3 Å². The minimum absolute atomic E-state index is 0.0246. The van der Waals surface area contributed by atoms with Crippen molar-refractivity contribution in [3.8, 4) is 28.4 Å². The Hall–Kier alpha value is -3.20. The van der Waals surface area contributed by atoms with Crippen LogP contribution in [0.4, 0.5) is 13.2 Å². The number of phenols is 1. The van der Waals surface area contributed by atoms with Crippen LogP contribution in [0.2, 0.25) is 0 Å². The standard InChI is InChI=1S/C21H20F3NO5/c1-25(2)10-13-14(26)7-6-12-18(27)17(20(21(22,23)24)30-19(12)13)11-5-8-15(28-3)16(9-11)29-4/h5-9,26H,10H2,1-4H3/p+1. The van der Waals surface area contributed by atoms with Crippen molar-refractivity contribution in [1.82, 2.24) is 0 Å². The largest absolute Gasteiger partial charge is 0.507 e. The van der Waals surface area contributed by atoms with Gasteiger partial charge in [-0.1, -0.05) is 6.07 Å². The van der Waals surface area contributed by atoms with Gasteiger partial charge in [-0.05, 0) is 29.8 Å². The molecule has 6 nitrogen and oxygen atoms in total. The van der Waals surface area contributed by atoms with Crippen molar-refractivity contribution < 1.29 is 37.1 Å². The quantitative estimate of drug-likeness (QED) is 0.659. The molecule has 30 heavy (non-hydrogen) atoms. The molecule has 0 aliphatic carbocycles. The highest BCUT2D eigenvalue weighted by molar-refractivity contribution is 5.87. The number of nitrogens with one attached hydrogen (secondary N) is 1. The van der Waals surface area contributed by atoms with Crippen LogP contribution in [-0.4, -0.2) is 33.4 Å². The van der Waals surface area contributed by atoms with Gasteiger partial charge in [0.25, 0.3) is 0 Å². The SMILES string of the molecule is COc1ccc(-c2c(C(F)(F)F)oc3c(C[NH+](C)C)c(O)ccc3c2=O)cc1OC. The summed E-state index contributed by atoms with van der Waals surface area (Å²) in [4.78, 5) is 14.0. The molecule has 0 aliphatic rings. The van der Waals surface area contributed by atoms with Crippen molar-refractivity contribution in [2.45, 2.75) is 12.7 Å². The molecule has 0 amide bonds. The number of quaternary nitrogens is 1. The summed E-state index contributed by atoms with van der Waals surface area (Å²) in [5.41, 5.74) is -1.66. The second-order valence-corrected chi connectivity index (χ2v) is 7.03. The Kier molecular flexibility index (Phi) is 5.67. The van der Waals surface area contributed by atoms with Gasteiger partial charge in [-0.2, -0.15) is 13.2 Å². The van der Waals surface area contributed by atoms with Gasteiger partial charge in [0.05, 0.1) is 44.8 Å². The summed E-state index contributed by atoms with van der Waals surface area (Å²) < 4.78 is 57.3. The van der Waals surface area contributed by atoms with Crippen LogP contribution in [0.1, 0.15) is 11.3 Å². The zero-order valence-electron chi connectivity index (χ0n) is 16.8. The van der Waals surface area contributed by atoms with Gasteiger partial charge in [-0.15, -0.1) is 0 Å². The molecule has 2 aromatic carbocycles. The number of hydrogen-bond acceptors (Lipinski definition) is 5. The van der Waals surface area contributed by atoms with E-state index in [0.29, 0.717) is 5.75 Å². The molecule has 2 N–H and O–H groups in total. The Morgan fingerprint density at radius 1 is 1.07 bits per heavy atom. The van der Waals surface area contributed by atoms with Crippen LogP contribution < -0.4 is 19.8 Å². The summed E-state index contributed by atoms with van der Waals surface area (Å²) >= 11 is 0. The molecule has 0 unspecified atom stereocenters. The van der Waals surface area contributed by atoms with E-state index < -0.39 is 22.9 Å². The van der Waals surface area contributed by atoms with Gasteiger partial charge >= 0.3 is 6.18 Å². The first-order valence-corrected chi connectivity index (χ1v) is 8.98. The number of ether oxygens (including phenoxy) is 2. The molecule has 0 bridgehead atoms. The molecule has 1 heterocycles. The van der Waals surface area contributed by atoms with Crippen molar-refractivity contribution in [1.29, 1.82) is 0 Å². The average Bonchev–Trinajstić information content (AvgIpc) is 2.68. The monoisotopic (exact) mass is 424 g/mol. The Labute approximate surface area is 170 Å². The highest BCUT2D eigenvalue weighted by Gasteiger charge is 2.40. The van der Waals surface area contributed by atoms with Gasteiger partial charge in [0.15, 0.2) is 17.1 Å². The summed E-state index contributed by atoms with van der Waals surface area (Å²) in [6.45, 7) is 0.166. The predicted molar refractivity (Wildman–Crippen MR) is 104 cm³/mol. The van der Waals surface area contributed by atoms with Gasteiger partial charge in [-0.3, -0.25) is 4.79 Å². The maximum absolute atomic E-state index is 13.9. The van der Waals surface area contributed by atoms with Gasteiger partial charge in [0.2, 0.25) is 11.2 Å². The molecular weight excluding hydrogens is 403 g/mol. The van der Waals surface area contributed by atoms with Crippen molar-refractivity contribution >= 4 is 11.0 Å². The number of alkyl halides is 3. The minimum Gasteiger partial charge on any atom is -0.507 e. The molecule has 0 radical (unpaired) electrons. The van der Waals surface area contributed by atoms with E-state index in [1.54, 1.807) is 14.1 Å². The first kappa shape index (κ1) is 21.5. The number of halogens is 3. The third-order valence-corrected chi connectivity index (χ3v) is 4.60. The molecule has 0 spiro atoms. The molecule has 3 aromatic rings. The number of phenolic OH excluding ortho intramolecular Hbond substituents is 1. The average molecular weight is 424 g/mol. The van der Waals surface area contributed by atoms with Crippen molar-refractivity contribution in [2.24, 2.45) is 0 Å². The zero-order chi connectivity index (χ0) is 22.2. The fraction of sp³-hybridized carbons (Fsp3) is 0.286. The van der Waals surface area contributed by atoms with Crippen LogP contribution in [-0.2, 0) is 12.7 Å². The maximum atomic E-state index is 13.9. The summed E-state index contributed by atoms with van der Waals surface area (Å²) in [5.74, 6) is -1.20. The fourth-order valence-corrected chi connectivity index (χ4v) is 3.28. The molecule has 3 rings (SSSR count). The van der Waals surface area contributed by atoms with Crippen molar-refractivity contribution in [3.63, 3.8) is 0 Å². The van der Waals surface area contributed by atoms with Crippen LogP contribution in [0.25, 0.3) is 22.1 Å². The second-order valence-electron chi connectivity index (χ2n) is 7.03. The fourth-order valence-electron chi connectivity index (χ4n) is 3.28. The predicted octanol–water partition coefficient (Wildman–Crippen LogP) is 2.85. The normalized spacial score (nSPS) is 11.9. The Morgan fingerprint density at radius 2 is 1.73 bits per heavy atom. The summed E-state index contributed by atoms with van der Waals surface area (Å²) in [6, 6.07) is 6.58. The number of fused-ring (bicyclic) bond motifs is 1. The lowest BCUT2D eigenvalue weighted by atomic mass is 9.99. The Balaban J connectivity index is 2.42. The number of hydrogen-bond donors (Lipinski definition) is 2. The highest BCUT2D eigenvalue weighted by Crippen LogP contribution is 2.40. The third kappa shape index (κ3) is 3.80. The lowest BCUT2D eigenvalue weighted by Gasteiger charge is -2.16. The van der Waals surface area contributed by atoms with Gasteiger partial charge in [-0.25, -0.2) is 0 Å². The van der Waals surface area contributed by atoms with Crippen LogP contribution in [0, 0.1) is 0 Å². The van der Waals surface area contributed by atoms with Crippen LogP contribution >= 0.6 is 0 Å². The molecule has 0 atom stereocenters.